The van der Waals surface area contributed by atoms with Crippen LogP contribution in [0.25, 0.3) is 0 Å². The van der Waals surface area contributed by atoms with Crippen LogP contribution in [0.15, 0.2) is 24.4 Å². The molecule has 1 N–H and O–H groups in total. The molecule has 0 spiro atoms. The van der Waals surface area contributed by atoms with Gasteiger partial charge in [0.15, 0.2) is 0 Å². The number of pyridine rings is 1. The van der Waals surface area contributed by atoms with Crippen molar-refractivity contribution in [3.8, 4) is 0 Å². The molecule has 2 unspecified atom stereocenters. The van der Waals surface area contributed by atoms with Crippen molar-refractivity contribution in [2.24, 2.45) is 0 Å². The molecule has 0 bridgehead atoms. The third-order valence-electron chi connectivity index (χ3n) is 3.75. The Kier molecular flexibility index (Phi) is 4.51. The van der Waals surface area contributed by atoms with Crippen molar-refractivity contribution in [3.63, 3.8) is 0 Å². The van der Waals surface area contributed by atoms with E-state index in [-0.39, 0.29) is 0 Å². The summed E-state index contributed by atoms with van der Waals surface area (Å²) in [6.45, 7) is 4.56. The second-order valence-corrected chi connectivity index (χ2v) is 5.08. The van der Waals surface area contributed by atoms with Gasteiger partial charge in [-0.1, -0.05) is 6.07 Å². The summed E-state index contributed by atoms with van der Waals surface area (Å²) in [5, 5.41) is 3.65. The van der Waals surface area contributed by atoms with Crippen molar-refractivity contribution < 1.29 is 0 Å². The van der Waals surface area contributed by atoms with E-state index in [1.807, 2.05) is 12.3 Å². The molecule has 0 aromatic carbocycles. The van der Waals surface area contributed by atoms with E-state index >= 15 is 0 Å². The number of rotatable bonds is 4. The molecule has 94 valence electrons. The molecule has 2 atom stereocenters. The Morgan fingerprint density at radius 3 is 3.06 bits per heavy atom. The maximum atomic E-state index is 4.34. The lowest BCUT2D eigenvalue weighted by Gasteiger charge is -2.35. The first-order chi connectivity index (χ1) is 8.25. The van der Waals surface area contributed by atoms with Gasteiger partial charge in [-0.3, -0.25) is 4.98 Å². The van der Waals surface area contributed by atoms with E-state index in [4.69, 9.17) is 0 Å². The number of nitrogens with one attached hydrogen (secondary N) is 1. The monoisotopic (exact) mass is 233 g/mol. The summed E-state index contributed by atoms with van der Waals surface area (Å²) >= 11 is 0. The van der Waals surface area contributed by atoms with Gasteiger partial charge in [0.25, 0.3) is 0 Å². The first kappa shape index (κ1) is 12.5. The molecule has 17 heavy (non-hydrogen) atoms. The molecule has 3 heteroatoms. The van der Waals surface area contributed by atoms with E-state index in [9.17, 15) is 0 Å². The highest BCUT2D eigenvalue weighted by Crippen LogP contribution is 2.15. The Bertz CT molecular complexity index is 325. The smallest absolute Gasteiger partial charge is 0.0416 e. The van der Waals surface area contributed by atoms with Gasteiger partial charge < -0.3 is 10.2 Å². The van der Waals surface area contributed by atoms with Gasteiger partial charge in [-0.15, -0.1) is 0 Å². The maximum Gasteiger partial charge on any atom is 0.0416 e. The van der Waals surface area contributed by atoms with Crippen LogP contribution in [0.5, 0.6) is 0 Å². The average molecular weight is 233 g/mol. The summed E-state index contributed by atoms with van der Waals surface area (Å²) in [6, 6.07) is 7.51. The Labute approximate surface area is 104 Å². The van der Waals surface area contributed by atoms with Crippen LogP contribution < -0.4 is 5.32 Å². The van der Waals surface area contributed by atoms with Crippen LogP contribution in [-0.4, -0.2) is 42.1 Å². The lowest BCUT2D eigenvalue weighted by atomic mass is 9.99. The second-order valence-electron chi connectivity index (χ2n) is 5.08. The van der Waals surface area contributed by atoms with Crippen molar-refractivity contribution in [2.75, 3.05) is 20.1 Å². The zero-order chi connectivity index (χ0) is 12.1. The van der Waals surface area contributed by atoms with Crippen LogP contribution in [0, 0.1) is 0 Å². The normalized spacial score (nSPS) is 26.0. The largest absolute Gasteiger partial charge is 0.313 e. The molecule has 1 aromatic heterocycles. The molecule has 1 aromatic rings. The molecule has 1 saturated heterocycles. The van der Waals surface area contributed by atoms with Crippen LogP contribution in [0.2, 0.25) is 0 Å². The number of nitrogens with zero attached hydrogens (tertiary/aromatic N) is 2. The molecular weight excluding hydrogens is 210 g/mol. The number of hydrogen-bond acceptors (Lipinski definition) is 3. The van der Waals surface area contributed by atoms with Gasteiger partial charge in [-0.05, 0) is 45.5 Å². The maximum absolute atomic E-state index is 4.34. The van der Waals surface area contributed by atoms with Crippen molar-refractivity contribution >= 4 is 0 Å². The SMILES string of the molecule is CC1CC(NCCc2ccccn2)CCN1C. The highest BCUT2D eigenvalue weighted by Gasteiger charge is 2.21. The zero-order valence-electron chi connectivity index (χ0n) is 10.9. The molecule has 1 aliphatic rings. The summed E-state index contributed by atoms with van der Waals surface area (Å²) in [5.74, 6) is 0. The summed E-state index contributed by atoms with van der Waals surface area (Å²) < 4.78 is 0. The topological polar surface area (TPSA) is 28.2 Å². The Morgan fingerprint density at radius 1 is 1.47 bits per heavy atom. The number of hydrogen-bond donors (Lipinski definition) is 1. The fraction of sp³-hybridized carbons (Fsp3) is 0.643. The van der Waals surface area contributed by atoms with E-state index < -0.39 is 0 Å². The first-order valence-corrected chi connectivity index (χ1v) is 6.59. The van der Waals surface area contributed by atoms with Gasteiger partial charge >= 0.3 is 0 Å². The fourth-order valence-corrected chi connectivity index (χ4v) is 2.43. The highest BCUT2D eigenvalue weighted by molar-refractivity contribution is 5.03. The number of piperidine rings is 1. The van der Waals surface area contributed by atoms with E-state index in [1.165, 1.54) is 25.1 Å². The quantitative estimate of drug-likeness (QED) is 0.858. The fourth-order valence-electron chi connectivity index (χ4n) is 2.43. The Morgan fingerprint density at radius 2 is 2.35 bits per heavy atom. The molecule has 3 nitrogen and oxygen atoms in total. The Balaban J connectivity index is 1.69. The molecule has 0 saturated carbocycles. The third-order valence-corrected chi connectivity index (χ3v) is 3.75. The lowest BCUT2D eigenvalue weighted by molar-refractivity contribution is 0.169. The van der Waals surface area contributed by atoms with Crippen LogP contribution >= 0.6 is 0 Å². The molecule has 1 aliphatic heterocycles. The molecular formula is C14H23N3. The minimum Gasteiger partial charge on any atom is -0.313 e. The first-order valence-electron chi connectivity index (χ1n) is 6.59. The van der Waals surface area contributed by atoms with Gasteiger partial charge in [-0.2, -0.15) is 0 Å². The molecule has 2 heterocycles. The molecule has 1 fully saturated rings. The molecule has 2 rings (SSSR count). The second kappa shape index (κ2) is 6.12. The minimum atomic E-state index is 0.685. The van der Waals surface area contributed by atoms with E-state index in [0.717, 1.165) is 13.0 Å². The van der Waals surface area contributed by atoms with Gasteiger partial charge in [0.2, 0.25) is 0 Å². The van der Waals surface area contributed by atoms with Crippen molar-refractivity contribution in [1.29, 1.82) is 0 Å². The van der Waals surface area contributed by atoms with Gasteiger partial charge in [0.1, 0.15) is 0 Å². The van der Waals surface area contributed by atoms with E-state index in [0.29, 0.717) is 12.1 Å². The van der Waals surface area contributed by atoms with Gasteiger partial charge in [0.05, 0.1) is 0 Å². The van der Waals surface area contributed by atoms with E-state index in [1.54, 1.807) is 0 Å². The standard InChI is InChI=1S/C14H23N3/c1-12-11-14(7-10-17(12)2)16-9-6-13-5-3-4-8-15-13/h3-5,8,12,14,16H,6-7,9-11H2,1-2H3. The molecule has 0 amide bonds. The number of likely N-dealkylation sites (tertiary alicyclic amines) is 1. The zero-order valence-corrected chi connectivity index (χ0v) is 10.9. The van der Waals surface area contributed by atoms with Gasteiger partial charge in [0, 0.05) is 36.9 Å². The third kappa shape index (κ3) is 3.79. The highest BCUT2D eigenvalue weighted by atomic mass is 15.1. The average Bonchev–Trinajstić information content (AvgIpc) is 2.35. The predicted octanol–water partition coefficient (Wildman–Crippen LogP) is 1.70. The minimum absolute atomic E-state index is 0.685. The molecule has 0 radical (unpaired) electrons. The van der Waals surface area contributed by atoms with Crippen molar-refractivity contribution in [3.05, 3.63) is 30.1 Å². The van der Waals surface area contributed by atoms with Crippen LogP contribution in [-0.2, 0) is 6.42 Å². The number of aromatic nitrogens is 1. The van der Waals surface area contributed by atoms with E-state index in [2.05, 4.69) is 41.3 Å². The summed E-state index contributed by atoms with van der Waals surface area (Å²) in [6.07, 6.45) is 5.43. The van der Waals surface area contributed by atoms with Crippen molar-refractivity contribution in [2.45, 2.75) is 38.3 Å². The predicted molar refractivity (Wildman–Crippen MR) is 71.1 cm³/mol. The lowest BCUT2D eigenvalue weighted by Crippen LogP contribution is -2.46. The summed E-state index contributed by atoms with van der Waals surface area (Å²) in [4.78, 5) is 6.78. The van der Waals surface area contributed by atoms with Gasteiger partial charge in [-0.25, -0.2) is 0 Å². The Hall–Kier alpha value is -0.930. The van der Waals surface area contributed by atoms with Crippen LogP contribution in [0.4, 0.5) is 0 Å². The molecule has 0 aliphatic carbocycles. The summed E-state index contributed by atoms with van der Waals surface area (Å²) in [5.41, 5.74) is 1.18. The van der Waals surface area contributed by atoms with Crippen LogP contribution in [0.1, 0.15) is 25.5 Å². The van der Waals surface area contributed by atoms with Crippen molar-refractivity contribution in [1.82, 2.24) is 15.2 Å². The summed E-state index contributed by atoms with van der Waals surface area (Å²) in [7, 11) is 2.22. The van der Waals surface area contributed by atoms with Crippen LogP contribution in [0.3, 0.4) is 0 Å².